The highest BCUT2D eigenvalue weighted by Crippen LogP contribution is 2.26. The topological polar surface area (TPSA) is 70.3 Å². The van der Waals surface area contributed by atoms with E-state index in [1.165, 1.54) is 12.1 Å². The highest BCUT2D eigenvalue weighted by atomic mass is 19.1. The molecular formula is C15H10FNO3. The molecule has 100 valence electrons. The van der Waals surface area contributed by atoms with E-state index in [-0.39, 0.29) is 11.3 Å². The molecule has 0 radical (unpaired) electrons. The van der Waals surface area contributed by atoms with Crippen LogP contribution in [-0.2, 0) is 4.79 Å². The molecule has 0 aromatic heterocycles. The molecule has 0 heterocycles. The summed E-state index contributed by atoms with van der Waals surface area (Å²) in [6.07, 6.45) is -1.30. The Morgan fingerprint density at radius 3 is 2.50 bits per heavy atom. The van der Waals surface area contributed by atoms with Gasteiger partial charge in [0.1, 0.15) is 23.2 Å². The van der Waals surface area contributed by atoms with Crippen LogP contribution in [0.4, 0.5) is 4.39 Å². The molecule has 0 aliphatic rings. The first-order valence-corrected chi connectivity index (χ1v) is 5.76. The molecule has 2 rings (SSSR count). The smallest absolute Gasteiger partial charge is 0.349 e. The number of aliphatic carboxylic acids is 1. The van der Waals surface area contributed by atoms with Crippen molar-refractivity contribution in [1.29, 1.82) is 5.26 Å². The number of hydrogen-bond acceptors (Lipinski definition) is 3. The Balaban J connectivity index is 2.38. The third kappa shape index (κ3) is 2.75. The number of nitriles is 1. The fraction of sp³-hybridized carbons (Fsp3) is 0.0667. The number of carboxylic acid groups (broad SMARTS) is 1. The van der Waals surface area contributed by atoms with Crippen LogP contribution in [0, 0.1) is 17.1 Å². The Labute approximate surface area is 114 Å². The van der Waals surface area contributed by atoms with Crippen molar-refractivity contribution < 1.29 is 19.0 Å². The van der Waals surface area contributed by atoms with Crippen molar-refractivity contribution in [3.63, 3.8) is 0 Å². The summed E-state index contributed by atoms with van der Waals surface area (Å²) in [5, 5.41) is 18.1. The molecule has 0 spiro atoms. The molecule has 1 unspecified atom stereocenters. The lowest BCUT2D eigenvalue weighted by atomic mass is 10.1. The van der Waals surface area contributed by atoms with Crippen LogP contribution < -0.4 is 4.74 Å². The molecule has 0 saturated heterocycles. The number of benzene rings is 2. The number of halogens is 1. The Hall–Kier alpha value is -2.87. The number of carboxylic acids is 1. The van der Waals surface area contributed by atoms with Crippen LogP contribution in [0.5, 0.6) is 5.75 Å². The van der Waals surface area contributed by atoms with Crippen molar-refractivity contribution in [3.8, 4) is 11.8 Å². The van der Waals surface area contributed by atoms with Gasteiger partial charge in [-0.2, -0.15) is 5.26 Å². The number of rotatable bonds is 4. The van der Waals surface area contributed by atoms with Crippen LogP contribution in [0.3, 0.4) is 0 Å². The van der Waals surface area contributed by atoms with E-state index < -0.39 is 17.9 Å². The Morgan fingerprint density at radius 2 is 1.90 bits per heavy atom. The normalized spacial score (nSPS) is 11.4. The number of carbonyl (C=O) groups is 1. The average Bonchev–Trinajstić information content (AvgIpc) is 2.45. The molecule has 2 aromatic carbocycles. The van der Waals surface area contributed by atoms with Crippen molar-refractivity contribution in [2.24, 2.45) is 0 Å². The van der Waals surface area contributed by atoms with Gasteiger partial charge in [-0.15, -0.1) is 0 Å². The first-order valence-electron chi connectivity index (χ1n) is 5.76. The van der Waals surface area contributed by atoms with E-state index in [0.717, 1.165) is 6.07 Å². The van der Waals surface area contributed by atoms with Crippen LogP contribution in [0.2, 0.25) is 0 Å². The van der Waals surface area contributed by atoms with Gasteiger partial charge >= 0.3 is 5.97 Å². The molecular weight excluding hydrogens is 261 g/mol. The molecule has 1 N–H and O–H groups in total. The zero-order chi connectivity index (χ0) is 14.5. The van der Waals surface area contributed by atoms with Crippen LogP contribution in [0.15, 0.2) is 48.5 Å². The van der Waals surface area contributed by atoms with E-state index in [0.29, 0.717) is 5.56 Å². The minimum atomic E-state index is -1.30. The summed E-state index contributed by atoms with van der Waals surface area (Å²) in [5.41, 5.74) is 0.0998. The van der Waals surface area contributed by atoms with Gasteiger partial charge < -0.3 is 9.84 Å². The van der Waals surface area contributed by atoms with Crippen molar-refractivity contribution in [3.05, 3.63) is 65.5 Å². The third-order valence-electron chi connectivity index (χ3n) is 2.66. The fourth-order valence-electron chi connectivity index (χ4n) is 1.73. The molecule has 0 fully saturated rings. The predicted octanol–water partition coefficient (Wildman–Crippen LogP) is 2.90. The second-order valence-corrected chi connectivity index (χ2v) is 3.97. The monoisotopic (exact) mass is 271 g/mol. The van der Waals surface area contributed by atoms with Gasteiger partial charge in [-0.1, -0.05) is 36.4 Å². The second kappa shape index (κ2) is 5.85. The summed E-state index contributed by atoms with van der Waals surface area (Å²) in [7, 11) is 0. The maximum Gasteiger partial charge on any atom is 0.349 e. The number of ether oxygens (including phenoxy) is 1. The van der Waals surface area contributed by atoms with Crippen molar-refractivity contribution in [1.82, 2.24) is 0 Å². The van der Waals surface area contributed by atoms with Gasteiger partial charge in [0, 0.05) is 5.56 Å². The summed E-state index contributed by atoms with van der Waals surface area (Å²) < 4.78 is 18.8. The van der Waals surface area contributed by atoms with Gasteiger partial charge in [0.25, 0.3) is 0 Å². The molecule has 20 heavy (non-hydrogen) atoms. The van der Waals surface area contributed by atoms with Crippen molar-refractivity contribution in [2.75, 3.05) is 0 Å². The van der Waals surface area contributed by atoms with Gasteiger partial charge in [-0.3, -0.25) is 0 Å². The van der Waals surface area contributed by atoms with Gasteiger partial charge in [0.15, 0.2) is 0 Å². The van der Waals surface area contributed by atoms with E-state index in [9.17, 15) is 14.3 Å². The molecule has 0 aliphatic heterocycles. The molecule has 4 nitrogen and oxygen atoms in total. The lowest BCUT2D eigenvalue weighted by molar-refractivity contribution is -0.145. The van der Waals surface area contributed by atoms with Crippen LogP contribution in [-0.4, -0.2) is 11.1 Å². The first-order chi connectivity index (χ1) is 9.63. The minimum absolute atomic E-state index is 0.0937. The molecule has 2 aromatic rings. The molecule has 5 heteroatoms. The Kier molecular flexibility index (Phi) is 3.96. The van der Waals surface area contributed by atoms with E-state index in [1.54, 1.807) is 36.4 Å². The van der Waals surface area contributed by atoms with Gasteiger partial charge in [-0.05, 0) is 12.1 Å². The summed E-state index contributed by atoms with van der Waals surface area (Å²) in [6, 6.07) is 13.8. The Bertz CT molecular complexity index is 665. The standard InChI is InChI=1S/C15H10FNO3/c16-12-7-4-8-13(11(12)9-17)20-14(15(18)19)10-5-2-1-3-6-10/h1-8,14H,(H,18,19). The maximum atomic E-state index is 13.5. The highest BCUT2D eigenvalue weighted by molar-refractivity contribution is 5.75. The first kappa shape index (κ1) is 13.6. The SMILES string of the molecule is N#Cc1c(F)cccc1OC(C(=O)O)c1ccccc1. The number of nitrogens with zero attached hydrogens (tertiary/aromatic N) is 1. The lowest BCUT2D eigenvalue weighted by Crippen LogP contribution is -2.18. The third-order valence-corrected chi connectivity index (χ3v) is 2.66. The van der Waals surface area contributed by atoms with E-state index in [4.69, 9.17) is 10.00 Å². The zero-order valence-electron chi connectivity index (χ0n) is 10.3. The van der Waals surface area contributed by atoms with Gasteiger partial charge in [0.05, 0.1) is 0 Å². The van der Waals surface area contributed by atoms with Gasteiger partial charge in [-0.25, -0.2) is 9.18 Å². The quantitative estimate of drug-likeness (QED) is 0.928. The van der Waals surface area contributed by atoms with Crippen molar-refractivity contribution >= 4 is 5.97 Å². The minimum Gasteiger partial charge on any atom is -0.478 e. The van der Waals surface area contributed by atoms with Crippen molar-refractivity contribution in [2.45, 2.75) is 6.10 Å². The molecule has 0 bridgehead atoms. The zero-order valence-corrected chi connectivity index (χ0v) is 10.3. The maximum absolute atomic E-state index is 13.5. The van der Waals surface area contributed by atoms with E-state index in [1.807, 2.05) is 0 Å². The van der Waals surface area contributed by atoms with Gasteiger partial charge in [0.2, 0.25) is 6.10 Å². The highest BCUT2D eigenvalue weighted by Gasteiger charge is 2.23. The average molecular weight is 271 g/mol. The molecule has 0 saturated carbocycles. The Morgan fingerprint density at radius 1 is 1.20 bits per heavy atom. The summed E-state index contributed by atoms with van der Waals surface area (Å²) in [5.74, 6) is -2.06. The lowest BCUT2D eigenvalue weighted by Gasteiger charge is -2.16. The predicted molar refractivity (Wildman–Crippen MR) is 68.6 cm³/mol. The number of hydrogen-bond donors (Lipinski definition) is 1. The second-order valence-electron chi connectivity index (χ2n) is 3.97. The molecule has 0 amide bonds. The largest absolute Gasteiger partial charge is 0.478 e. The molecule has 0 aliphatic carbocycles. The summed E-state index contributed by atoms with van der Waals surface area (Å²) in [6.45, 7) is 0. The summed E-state index contributed by atoms with van der Waals surface area (Å²) in [4.78, 5) is 11.3. The van der Waals surface area contributed by atoms with Crippen LogP contribution in [0.1, 0.15) is 17.2 Å². The summed E-state index contributed by atoms with van der Waals surface area (Å²) >= 11 is 0. The van der Waals surface area contributed by atoms with E-state index in [2.05, 4.69) is 0 Å². The van der Waals surface area contributed by atoms with E-state index >= 15 is 0 Å². The van der Waals surface area contributed by atoms with Crippen LogP contribution in [0.25, 0.3) is 0 Å². The van der Waals surface area contributed by atoms with Crippen LogP contribution >= 0.6 is 0 Å². The molecule has 1 atom stereocenters. The fourth-order valence-corrected chi connectivity index (χ4v) is 1.73.